The van der Waals surface area contributed by atoms with Gasteiger partial charge in [-0.1, -0.05) is 50.1 Å². The first kappa shape index (κ1) is 16.7. The van der Waals surface area contributed by atoms with Gasteiger partial charge in [0.05, 0.1) is 5.75 Å². The quantitative estimate of drug-likeness (QED) is 0.795. The molecule has 0 heterocycles. The highest BCUT2D eigenvalue weighted by Gasteiger charge is 2.26. The second-order valence-corrected chi connectivity index (χ2v) is 6.89. The Morgan fingerprint density at radius 2 is 2.05 bits per heavy atom. The zero-order valence-corrected chi connectivity index (χ0v) is 12.9. The van der Waals surface area contributed by atoms with E-state index >= 15 is 0 Å². The van der Waals surface area contributed by atoms with Crippen LogP contribution in [0, 0.1) is 12.8 Å². The summed E-state index contributed by atoms with van der Waals surface area (Å²) >= 11 is 0. The maximum absolute atomic E-state index is 12.1. The van der Waals surface area contributed by atoms with E-state index in [-0.39, 0.29) is 11.7 Å². The number of carbonyl (C=O) groups excluding carboxylic acids is 1. The monoisotopic (exact) mass is 298 g/mol. The summed E-state index contributed by atoms with van der Waals surface area (Å²) in [4.78, 5) is 11.4. The summed E-state index contributed by atoms with van der Waals surface area (Å²) in [5.41, 5.74) is 6.95. The van der Waals surface area contributed by atoms with Crippen LogP contribution < -0.4 is 10.5 Å². The topological polar surface area (TPSA) is 89.3 Å². The summed E-state index contributed by atoms with van der Waals surface area (Å²) in [5, 5.41) is 0. The fourth-order valence-corrected chi connectivity index (χ4v) is 3.38. The second-order valence-electron chi connectivity index (χ2n) is 5.13. The Hall–Kier alpha value is -1.40. The largest absolute Gasteiger partial charge is 0.368 e. The molecule has 20 heavy (non-hydrogen) atoms. The molecule has 112 valence electrons. The highest BCUT2D eigenvalue weighted by atomic mass is 32.2. The van der Waals surface area contributed by atoms with Gasteiger partial charge in [0.1, 0.15) is 6.04 Å². The third-order valence-corrected chi connectivity index (χ3v) is 4.59. The lowest BCUT2D eigenvalue weighted by Gasteiger charge is -2.21. The molecule has 1 aromatic rings. The third-order valence-electron chi connectivity index (χ3n) is 3.27. The van der Waals surface area contributed by atoms with E-state index in [0.29, 0.717) is 12.0 Å². The first-order valence-electron chi connectivity index (χ1n) is 6.60. The minimum absolute atomic E-state index is 0.139. The van der Waals surface area contributed by atoms with Crippen molar-refractivity contribution in [3.63, 3.8) is 0 Å². The predicted octanol–water partition coefficient (Wildman–Crippen LogP) is 1.31. The normalized spacial score (nSPS) is 14.8. The summed E-state index contributed by atoms with van der Waals surface area (Å²) in [5.74, 6) is -0.943. The minimum Gasteiger partial charge on any atom is -0.368 e. The molecule has 0 aliphatic rings. The average Bonchev–Trinajstić information content (AvgIpc) is 2.34. The molecule has 1 amide bonds. The lowest BCUT2D eigenvalue weighted by molar-refractivity contribution is -0.120. The van der Waals surface area contributed by atoms with E-state index in [4.69, 9.17) is 5.73 Å². The molecule has 0 aliphatic heterocycles. The van der Waals surface area contributed by atoms with Crippen molar-refractivity contribution in [1.82, 2.24) is 4.72 Å². The van der Waals surface area contributed by atoms with Gasteiger partial charge in [0, 0.05) is 0 Å². The van der Waals surface area contributed by atoms with Crippen LogP contribution in [0.1, 0.15) is 31.4 Å². The van der Waals surface area contributed by atoms with Gasteiger partial charge < -0.3 is 5.73 Å². The van der Waals surface area contributed by atoms with E-state index in [1.54, 1.807) is 19.1 Å². The molecule has 0 spiro atoms. The molecule has 3 N–H and O–H groups in total. The number of nitrogens with one attached hydrogen (secondary N) is 1. The van der Waals surface area contributed by atoms with Gasteiger partial charge in [0.25, 0.3) is 0 Å². The summed E-state index contributed by atoms with van der Waals surface area (Å²) in [6.45, 7) is 5.58. The lowest BCUT2D eigenvalue weighted by atomic mass is 10.00. The number of aryl methyl sites for hydroxylation is 1. The van der Waals surface area contributed by atoms with Crippen molar-refractivity contribution < 1.29 is 13.2 Å². The number of hydrogen-bond donors (Lipinski definition) is 2. The molecule has 1 rings (SSSR count). The molecule has 0 saturated heterocycles. The van der Waals surface area contributed by atoms with Gasteiger partial charge >= 0.3 is 0 Å². The zero-order chi connectivity index (χ0) is 15.3. The molecule has 1 aromatic carbocycles. The fourth-order valence-electron chi connectivity index (χ4n) is 1.95. The summed E-state index contributed by atoms with van der Waals surface area (Å²) in [7, 11) is -3.60. The average molecular weight is 298 g/mol. The van der Waals surface area contributed by atoms with Crippen molar-refractivity contribution in [1.29, 1.82) is 0 Å². The third kappa shape index (κ3) is 4.94. The van der Waals surface area contributed by atoms with E-state index in [2.05, 4.69) is 4.72 Å². The van der Waals surface area contributed by atoms with Crippen LogP contribution in [0.15, 0.2) is 24.3 Å². The van der Waals surface area contributed by atoms with Crippen LogP contribution in [-0.4, -0.2) is 20.4 Å². The van der Waals surface area contributed by atoms with Gasteiger partial charge in [0.2, 0.25) is 15.9 Å². The summed E-state index contributed by atoms with van der Waals surface area (Å²) in [6, 6.07) is 6.39. The van der Waals surface area contributed by atoms with E-state index in [1.165, 1.54) is 0 Å². The minimum atomic E-state index is -3.60. The molecule has 5 nitrogen and oxygen atoms in total. The molecule has 0 aromatic heterocycles. The molecular formula is C14H22N2O3S. The van der Waals surface area contributed by atoms with Crippen molar-refractivity contribution in [3.8, 4) is 0 Å². The van der Waals surface area contributed by atoms with Crippen molar-refractivity contribution >= 4 is 15.9 Å². The number of primary amides is 1. The number of rotatable bonds is 7. The Bertz CT molecular complexity index is 570. The standard InChI is InChI=1S/C14H22N2O3S/c1-4-11(3)13(14(15)17)16-20(18,19)9-12-7-5-6-10(2)8-12/h5-8,11,13,16H,4,9H2,1-3H3,(H2,15,17)/t11-,13+/m1/s1. The van der Waals surface area contributed by atoms with E-state index in [9.17, 15) is 13.2 Å². The fraction of sp³-hybridized carbons (Fsp3) is 0.500. The Balaban J connectivity index is 2.85. The number of amides is 1. The van der Waals surface area contributed by atoms with Crippen molar-refractivity contribution in [3.05, 3.63) is 35.4 Å². The van der Waals surface area contributed by atoms with Crippen LogP contribution in [0.4, 0.5) is 0 Å². The van der Waals surface area contributed by atoms with Crippen LogP contribution >= 0.6 is 0 Å². The van der Waals surface area contributed by atoms with E-state index in [1.807, 2.05) is 26.0 Å². The zero-order valence-electron chi connectivity index (χ0n) is 12.1. The molecule has 0 fully saturated rings. The van der Waals surface area contributed by atoms with Crippen LogP contribution in [0.2, 0.25) is 0 Å². The van der Waals surface area contributed by atoms with E-state index < -0.39 is 22.0 Å². The molecule has 0 radical (unpaired) electrons. The molecule has 2 atom stereocenters. The van der Waals surface area contributed by atoms with Crippen LogP contribution in [0.5, 0.6) is 0 Å². The maximum atomic E-state index is 12.1. The molecular weight excluding hydrogens is 276 g/mol. The Morgan fingerprint density at radius 3 is 2.55 bits per heavy atom. The number of benzene rings is 1. The van der Waals surface area contributed by atoms with Gasteiger partial charge in [-0.3, -0.25) is 4.79 Å². The molecule has 6 heteroatoms. The number of hydrogen-bond acceptors (Lipinski definition) is 3. The Morgan fingerprint density at radius 1 is 1.40 bits per heavy atom. The Labute approximate surface area is 120 Å². The van der Waals surface area contributed by atoms with Gasteiger partial charge in [-0.25, -0.2) is 13.1 Å². The van der Waals surface area contributed by atoms with Gasteiger partial charge in [-0.15, -0.1) is 0 Å². The van der Waals surface area contributed by atoms with Crippen molar-refractivity contribution in [2.24, 2.45) is 11.7 Å². The maximum Gasteiger partial charge on any atom is 0.235 e. The van der Waals surface area contributed by atoms with Crippen LogP contribution in [0.25, 0.3) is 0 Å². The first-order valence-corrected chi connectivity index (χ1v) is 8.25. The lowest BCUT2D eigenvalue weighted by Crippen LogP contribution is -2.48. The van der Waals surface area contributed by atoms with Crippen molar-refractivity contribution in [2.45, 2.75) is 39.0 Å². The smallest absolute Gasteiger partial charge is 0.235 e. The molecule has 0 aliphatic carbocycles. The molecule has 0 unspecified atom stereocenters. The summed E-state index contributed by atoms with van der Waals surface area (Å²) in [6.07, 6.45) is 0.667. The highest BCUT2D eigenvalue weighted by molar-refractivity contribution is 7.88. The SMILES string of the molecule is CC[C@@H](C)[C@H](NS(=O)(=O)Cc1cccc(C)c1)C(N)=O. The van der Waals surface area contributed by atoms with Crippen molar-refractivity contribution in [2.75, 3.05) is 0 Å². The number of carbonyl (C=O) groups is 1. The van der Waals surface area contributed by atoms with Gasteiger partial charge in [0.15, 0.2) is 0 Å². The number of sulfonamides is 1. The number of nitrogens with two attached hydrogens (primary N) is 1. The van der Waals surface area contributed by atoms with Gasteiger partial charge in [-0.05, 0) is 18.4 Å². The van der Waals surface area contributed by atoms with Crippen LogP contribution in [-0.2, 0) is 20.6 Å². The first-order chi connectivity index (χ1) is 9.25. The highest BCUT2D eigenvalue weighted by Crippen LogP contribution is 2.12. The Kier molecular flexibility index (Phi) is 5.71. The predicted molar refractivity (Wildman–Crippen MR) is 79.4 cm³/mol. The molecule has 0 saturated carbocycles. The van der Waals surface area contributed by atoms with E-state index in [0.717, 1.165) is 5.56 Å². The van der Waals surface area contributed by atoms with Gasteiger partial charge in [-0.2, -0.15) is 0 Å². The van der Waals surface area contributed by atoms with Crippen LogP contribution in [0.3, 0.4) is 0 Å². The molecule has 0 bridgehead atoms. The second kappa shape index (κ2) is 6.85. The summed E-state index contributed by atoms with van der Waals surface area (Å²) < 4.78 is 26.7.